The lowest BCUT2D eigenvalue weighted by Crippen LogP contribution is -2.47. The molecule has 0 aliphatic rings. The van der Waals surface area contributed by atoms with Gasteiger partial charge in [-0.15, -0.1) is 11.8 Å². The third kappa shape index (κ3) is 5.44. The lowest BCUT2D eigenvalue weighted by atomic mass is 9.84. The van der Waals surface area contributed by atoms with Crippen LogP contribution < -0.4 is 11.1 Å². The zero-order chi connectivity index (χ0) is 24.7. The molecule has 0 saturated heterocycles. The number of thioether (sulfide) groups is 1. The van der Waals surface area contributed by atoms with Gasteiger partial charge in [0.05, 0.1) is 4.75 Å². The molecule has 4 aromatic rings. The van der Waals surface area contributed by atoms with Crippen molar-refractivity contribution in [2.24, 2.45) is 5.73 Å². The first kappa shape index (κ1) is 24.2. The smallest absolute Gasteiger partial charge is 0.251 e. The molecule has 0 aliphatic carbocycles. The van der Waals surface area contributed by atoms with Crippen molar-refractivity contribution in [2.75, 3.05) is 5.75 Å². The van der Waals surface area contributed by atoms with E-state index in [4.69, 9.17) is 5.73 Å². The Kier molecular flexibility index (Phi) is 7.63. The lowest BCUT2D eigenvalue weighted by Gasteiger charge is -2.36. The second-order valence-corrected chi connectivity index (χ2v) is 9.26. The van der Waals surface area contributed by atoms with Gasteiger partial charge in [-0.2, -0.15) is 0 Å². The standard InChI is InChI=1S/C29H25FN2O2S/c30-25-18-16-21(17-19-25)28(34)32-26(27(31)33)20-35-29(22-10-4-1-5-11-22,23-12-6-2-7-13-23)24-14-8-3-9-15-24/h1-19,26H,20H2,(H2,31,33)(H,32,34)/t26-/m0/s1. The molecule has 0 aromatic heterocycles. The van der Waals surface area contributed by atoms with Gasteiger partial charge >= 0.3 is 0 Å². The summed E-state index contributed by atoms with van der Waals surface area (Å²) in [5.41, 5.74) is 9.07. The Bertz CT molecular complexity index is 1170. The highest BCUT2D eigenvalue weighted by molar-refractivity contribution is 8.00. The Hall–Kier alpha value is -3.90. The maximum absolute atomic E-state index is 13.3. The van der Waals surface area contributed by atoms with Crippen LogP contribution in [0.25, 0.3) is 0 Å². The molecule has 176 valence electrons. The summed E-state index contributed by atoms with van der Waals surface area (Å²) in [5.74, 6) is -1.35. The summed E-state index contributed by atoms with van der Waals surface area (Å²) in [7, 11) is 0. The Morgan fingerprint density at radius 1 is 0.743 bits per heavy atom. The summed E-state index contributed by atoms with van der Waals surface area (Å²) in [6.07, 6.45) is 0. The minimum Gasteiger partial charge on any atom is -0.368 e. The van der Waals surface area contributed by atoms with Crippen LogP contribution in [0.1, 0.15) is 27.0 Å². The van der Waals surface area contributed by atoms with E-state index in [1.807, 2.05) is 54.6 Å². The zero-order valence-electron chi connectivity index (χ0n) is 18.9. The first-order valence-corrected chi connectivity index (χ1v) is 12.2. The van der Waals surface area contributed by atoms with E-state index in [2.05, 4.69) is 41.7 Å². The molecule has 0 bridgehead atoms. The summed E-state index contributed by atoms with van der Waals surface area (Å²) in [6, 6.07) is 34.4. The summed E-state index contributed by atoms with van der Waals surface area (Å²) in [5, 5.41) is 2.72. The number of carbonyl (C=O) groups is 2. The molecule has 4 aromatic carbocycles. The van der Waals surface area contributed by atoms with Crippen LogP contribution in [0.5, 0.6) is 0 Å². The van der Waals surface area contributed by atoms with Gasteiger partial charge in [-0.3, -0.25) is 9.59 Å². The summed E-state index contributed by atoms with van der Waals surface area (Å²) < 4.78 is 12.6. The van der Waals surface area contributed by atoms with E-state index >= 15 is 0 Å². The van der Waals surface area contributed by atoms with Gasteiger partial charge in [-0.05, 0) is 41.0 Å². The molecule has 6 heteroatoms. The van der Waals surface area contributed by atoms with Gasteiger partial charge in [0.1, 0.15) is 11.9 Å². The van der Waals surface area contributed by atoms with Crippen LogP contribution in [-0.4, -0.2) is 23.6 Å². The van der Waals surface area contributed by atoms with Crippen molar-refractivity contribution < 1.29 is 14.0 Å². The molecule has 0 unspecified atom stereocenters. The van der Waals surface area contributed by atoms with E-state index in [1.54, 1.807) is 0 Å². The molecule has 35 heavy (non-hydrogen) atoms. The fraction of sp³-hybridized carbons (Fsp3) is 0.103. The molecular formula is C29H25FN2O2S. The molecule has 0 fully saturated rings. The van der Waals surface area contributed by atoms with Crippen LogP contribution in [0.4, 0.5) is 4.39 Å². The Morgan fingerprint density at radius 3 is 1.57 bits per heavy atom. The summed E-state index contributed by atoms with van der Waals surface area (Å²) in [4.78, 5) is 25.1. The highest BCUT2D eigenvalue weighted by Crippen LogP contribution is 2.48. The quantitative estimate of drug-likeness (QED) is 0.323. The van der Waals surface area contributed by atoms with Crippen molar-refractivity contribution in [3.8, 4) is 0 Å². The predicted molar refractivity (Wildman–Crippen MR) is 139 cm³/mol. The second-order valence-electron chi connectivity index (χ2n) is 8.03. The number of nitrogens with one attached hydrogen (secondary N) is 1. The number of carbonyl (C=O) groups excluding carboxylic acids is 2. The maximum atomic E-state index is 13.3. The minimum atomic E-state index is -0.937. The van der Waals surface area contributed by atoms with Crippen LogP contribution in [-0.2, 0) is 9.54 Å². The first-order chi connectivity index (χ1) is 17.0. The van der Waals surface area contributed by atoms with Gasteiger partial charge in [0.25, 0.3) is 5.91 Å². The van der Waals surface area contributed by atoms with Crippen LogP contribution in [0.3, 0.4) is 0 Å². The summed E-state index contributed by atoms with van der Waals surface area (Å²) >= 11 is 1.53. The SMILES string of the molecule is NC(=O)[C@H](CSC(c1ccccc1)(c1ccccc1)c1ccccc1)NC(=O)c1ccc(F)cc1. The van der Waals surface area contributed by atoms with Gasteiger partial charge in [0.2, 0.25) is 5.91 Å². The fourth-order valence-corrected chi connectivity index (χ4v) is 5.59. The van der Waals surface area contributed by atoms with E-state index in [-0.39, 0.29) is 11.3 Å². The molecule has 1 atom stereocenters. The minimum absolute atomic E-state index is 0.223. The van der Waals surface area contributed by atoms with E-state index in [9.17, 15) is 14.0 Å². The van der Waals surface area contributed by atoms with Crippen molar-refractivity contribution in [2.45, 2.75) is 10.8 Å². The number of hydrogen-bond donors (Lipinski definition) is 2. The summed E-state index contributed by atoms with van der Waals surface area (Å²) in [6.45, 7) is 0. The molecule has 0 spiro atoms. The Morgan fingerprint density at radius 2 is 1.17 bits per heavy atom. The molecule has 4 nitrogen and oxygen atoms in total. The van der Waals surface area contributed by atoms with Gasteiger partial charge in [0.15, 0.2) is 0 Å². The fourth-order valence-electron chi connectivity index (χ4n) is 4.01. The van der Waals surface area contributed by atoms with E-state index in [0.717, 1.165) is 16.7 Å². The Labute approximate surface area is 208 Å². The molecule has 0 heterocycles. The van der Waals surface area contributed by atoms with Crippen molar-refractivity contribution in [1.29, 1.82) is 0 Å². The largest absolute Gasteiger partial charge is 0.368 e. The maximum Gasteiger partial charge on any atom is 0.251 e. The average Bonchev–Trinajstić information content (AvgIpc) is 2.90. The van der Waals surface area contributed by atoms with E-state index < -0.39 is 28.4 Å². The molecular weight excluding hydrogens is 459 g/mol. The number of hydrogen-bond acceptors (Lipinski definition) is 3. The zero-order valence-corrected chi connectivity index (χ0v) is 19.8. The van der Waals surface area contributed by atoms with Crippen molar-refractivity contribution in [3.63, 3.8) is 0 Å². The average molecular weight is 485 g/mol. The van der Waals surface area contributed by atoms with Crippen LogP contribution in [0.2, 0.25) is 0 Å². The second kappa shape index (κ2) is 11.0. The van der Waals surface area contributed by atoms with Gasteiger partial charge in [-0.1, -0.05) is 91.0 Å². The van der Waals surface area contributed by atoms with Crippen molar-refractivity contribution in [3.05, 3.63) is 143 Å². The molecule has 4 rings (SSSR count). The topological polar surface area (TPSA) is 72.2 Å². The molecule has 0 aliphatic heterocycles. The highest BCUT2D eigenvalue weighted by atomic mass is 32.2. The third-order valence-corrected chi connectivity index (χ3v) is 7.40. The first-order valence-electron chi connectivity index (χ1n) is 11.2. The van der Waals surface area contributed by atoms with Crippen LogP contribution in [0.15, 0.2) is 115 Å². The molecule has 3 N–H and O–H groups in total. The van der Waals surface area contributed by atoms with Crippen LogP contribution in [0, 0.1) is 5.82 Å². The monoisotopic (exact) mass is 484 g/mol. The number of benzene rings is 4. The number of primary amides is 1. The Balaban J connectivity index is 1.72. The van der Waals surface area contributed by atoms with E-state index in [1.165, 1.54) is 36.0 Å². The number of amides is 2. The van der Waals surface area contributed by atoms with E-state index in [0.29, 0.717) is 0 Å². The lowest BCUT2D eigenvalue weighted by molar-refractivity contribution is -0.119. The van der Waals surface area contributed by atoms with Gasteiger partial charge in [0, 0.05) is 11.3 Å². The van der Waals surface area contributed by atoms with Crippen molar-refractivity contribution >= 4 is 23.6 Å². The van der Waals surface area contributed by atoms with Crippen molar-refractivity contribution in [1.82, 2.24) is 5.32 Å². The van der Waals surface area contributed by atoms with Gasteiger partial charge in [-0.25, -0.2) is 4.39 Å². The molecule has 0 radical (unpaired) electrons. The number of rotatable bonds is 9. The number of halogens is 1. The third-order valence-electron chi connectivity index (χ3n) is 5.76. The van der Waals surface area contributed by atoms with Gasteiger partial charge < -0.3 is 11.1 Å². The molecule has 0 saturated carbocycles. The highest BCUT2D eigenvalue weighted by Gasteiger charge is 2.38. The number of nitrogens with two attached hydrogens (primary N) is 1. The van der Waals surface area contributed by atoms with Crippen LogP contribution >= 0.6 is 11.8 Å². The molecule has 2 amide bonds. The predicted octanol–water partition coefficient (Wildman–Crippen LogP) is 5.13. The normalized spacial score (nSPS) is 12.0.